The lowest BCUT2D eigenvalue weighted by Crippen LogP contribution is -2.48. The summed E-state index contributed by atoms with van der Waals surface area (Å²) in [4.78, 5) is 17.4. The lowest BCUT2D eigenvalue weighted by Gasteiger charge is -2.34. The molecule has 3 heterocycles. The van der Waals surface area contributed by atoms with Crippen molar-refractivity contribution in [1.29, 1.82) is 0 Å². The molecule has 2 aromatic heterocycles. The van der Waals surface area contributed by atoms with Gasteiger partial charge in [0.05, 0.1) is 6.20 Å². The maximum absolute atomic E-state index is 13.1. The lowest BCUT2D eigenvalue weighted by atomic mass is 10.2. The van der Waals surface area contributed by atoms with E-state index in [-0.39, 0.29) is 18.3 Å². The van der Waals surface area contributed by atoms with Crippen LogP contribution in [0.1, 0.15) is 15.9 Å². The molecule has 7 heteroatoms. The van der Waals surface area contributed by atoms with Gasteiger partial charge >= 0.3 is 0 Å². The van der Waals surface area contributed by atoms with E-state index in [4.69, 9.17) is 0 Å². The molecule has 29 heavy (non-hydrogen) atoms. The van der Waals surface area contributed by atoms with Gasteiger partial charge in [-0.25, -0.2) is 0 Å². The Balaban J connectivity index is 0.00000240. The van der Waals surface area contributed by atoms with Crippen LogP contribution in [0.5, 0.6) is 0 Å². The predicted octanol–water partition coefficient (Wildman–Crippen LogP) is 3.10. The van der Waals surface area contributed by atoms with E-state index in [1.165, 1.54) is 5.56 Å². The van der Waals surface area contributed by atoms with Gasteiger partial charge in [0.1, 0.15) is 11.4 Å². The van der Waals surface area contributed by atoms with Gasteiger partial charge < -0.3 is 9.47 Å². The SMILES string of the molecule is Cl.Cn1ncc(C(=O)N2CCN(C/C=C/c3ccccc3)CC2)c1-n1cccc1. The van der Waals surface area contributed by atoms with E-state index < -0.39 is 0 Å². The normalized spacial score (nSPS) is 14.9. The maximum Gasteiger partial charge on any atom is 0.259 e. The number of benzene rings is 1. The van der Waals surface area contributed by atoms with Crippen LogP contribution in [0, 0.1) is 0 Å². The Bertz CT molecular complexity index is 941. The van der Waals surface area contributed by atoms with Gasteiger partial charge in [0, 0.05) is 52.2 Å². The fraction of sp³-hybridized carbons (Fsp3) is 0.273. The number of halogens is 1. The molecule has 0 spiro atoms. The molecule has 1 aliphatic rings. The van der Waals surface area contributed by atoms with Crippen LogP contribution in [0.25, 0.3) is 11.9 Å². The molecule has 1 saturated heterocycles. The van der Waals surface area contributed by atoms with Gasteiger partial charge in [0.25, 0.3) is 5.91 Å². The highest BCUT2D eigenvalue weighted by atomic mass is 35.5. The summed E-state index contributed by atoms with van der Waals surface area (Å²) in [5.41, 5.74) is 1.86. The highest BCUT2D eigenvalue weighted by Gasteiger charge is 2.25. The number of nitrogens with zero attached hydrogens (tertiary/aromatic N) is 5. The molecule has 0 atom stereocenters. The summed E-state index contributed by atoms with van der Waals surface area (Å²) in [6.07, 6.45) is 9.89. The molecule has 0 unspecified atom stereocenters. The van der Waals surface area contributed by atoms with Crippen molar-refractivity contribution in [2.45, 2.75) is 0 Å². The predicted molar refractivity (Wildman–Crippen MR) is 118 cm³/mol. The van der Waals surface area contributed by atoms with Gasteiger partial charge in [-0.1, -0.05) is 42.5 Å². The van der Waals surface area contributed by atoms with E-state index in [0.717, 1.165) is 38.5 Å². The largest absolute Gasteiger partial charge is 0.336 e. The van der Waals surface area contributed by atoms with E-state index >= 15 is 0 Å². The third-order valence-electron chi connectivity index (χ3n) is 5.12. The second-order valence-corrected chi connectivity index (χ2v) is 7.00. The van der Waals surface area contributed by atoms with Crippen LogP contribution < -0.4 is 0 Å². The minimum absolute atomic E-state index is 0. The number of hydrogen-bond donors (Lipinski definition) is 0. The standard InChI is InChI=1S/C22H25N5O.ClH/c1-24-21(26-12-5-6-13-26)20(18-23-24)22(28)27-16-14-25(15-17-27)11-7-10-19-8-3-2-4-9-19;/h2-10,12-13,18H,11,14-17H2,1H3;1H/b10-7+;. The van der Waals surface area contributed by atoms with Gasteiger partial charge in [-0.2, -0.15) is 5.10 Å². The molecule has 152 valence electrons. The molecule has 1 fully saturated rings. The number of rotatable bonds is 5. The van der Waals surface area contributed by atoms with Crippen LogP contribution in [-0.4, -0.2) is 62.8 Å². The first kappa shape index (κ1) is 20.9. The van der Waals surface area contributed by atoms with Crippen molar-refractivity contribution in [3.63, 3.8) is 0 Å². The van der Waals surface area contributed by atoms with Crippen molar-refractivity contribution in [2.24, 2.45) is 7.05 Å². The molecular formula is C22H26ClN5O. The number of carbonyl (C=O) groups excluding carboxylic acids is 1. The van der Waals surface area contributed by atoms with Gasteiger partial charge in [-0.3, -0.25) is 14.4 Å². The van der Waals surface area contributed by atoms with Crippen LogP contribution in [0.4, 0.5) is 0 Å². The summed E-state index contributed by atoms with van der Waals surface area (Å²) in [6, 6.07) is 14.2. The van der Waals surface area contributed by atoms with Crippen LogP contribution in [0.2, 0.25) is 0 Å². The van der Waals surface area contributed by atoms with Gasteiger partial charge in [-0.15, -0.1) is 12.4 Å². The van der Waals surface area contributed by atoms with E-state index in [1.807, 2.05) is 59.2 Å². The average molecular weight is 412 g/mol. The Morgan fingerprint density at radius 2 is 1.72 bits per heavy atom. The Morgan fingerprint density at radius 1 is 1.03 bits per heavy atom. The Kier molecular flexibility index (Phi) is 6.90. The molecule has 0 saturated carbocycles. The molecule has 4 rings (SSSR count). The number of carbonyl (C=O) groups is 1. The molecule has 0 aliphatic carbocycles. The van der Waals surface area contributed by atoms with Crippen LogP contribution in [0.15, 0.2) is 67.1 Å². The third kappa shape index (κ3) is 4.78. The summed E-state index contributed by atoms with van der Waals surface area (Å²) in [6.45, 7) is 4.13. The zero-order valence-corrected chi connectivity index (χ0v) is 17.3. The van der Waals surface area contributed by atoms with E-state index in [9.17, 15) is 4.79 Å². The number of hydrogen-bond acceptors (Lipinski definition) is 3. The first-order valence-electron chi connectivity index (χ1n) is 9.61. The van der Waals surface area contributed by atoms with Gasteiger partial charge in [0.2, 0.25) is 0 Å². The third-order valence-corrected chi connectivity index (χ3v) is 5.12. The highest BCUT2D eigenvalue weighted by Crippen LogP contribution is 2.17. The molecular weight excluding hydrogens is 386 g/mol. The van der Waals surface area contributed by atoms with E-state index in [1.54, 1.807) is 10.9 Å². The fourth-order valence-electron chi connectivity index (χ4n) is 3.57. The number of aromatic nitrogens is 3. The second kappa shape index (κ2) is 9.58. The summed E-state index contributed by atoms with van der Waals surface area (Å²) in [5, 5.41) is 4.30. The first-order valence-corrected chi connectivity index (χ1v) is 9.61. The van der Waals surface area contributed by atoms with Crippen LogP contribution in [0.3, 0.4) is 0 Å². The quantitative estimate of drug-likeness (QED) is 0.648. The number of amides is 1. The molecule has 1 aliphatic heterocycles. The van der Waals surface area contributed by atoms with Crippen molar-refractivity contribution < 1.29 is 4.79 Å². The van der Waals surface area contributed by atoms with E-state index in [2.05, 4.69) is 34.3 Å². The van der Waals surface area contributed by atoms with E-state index in [0.29, 0.717) is 5.56 Å². The van der Waals surface area contributed by atoms with Crippen molar-refractivity contribution in [3.8, 4) is 5.82 Å². The Morgan fingerprint density at radius 3 is 2.41 bits per heavy atom. The zero-order chi connectivity index (χ0) is 19.3. The molecule has 1 aromatic carbocycles. The zero-order valence-electron chi connectivity index (χ0n) is 16.5. The van der Waals surface area contributed by atoms with Crippen molar-refractivity contribution in [3.05, 3.63) is 78.3 Å². The van der Waals surface area contributed by atoms with Crippen LogP contribution in [-0.2, 0) is 7.05 Å². The smallest absolute Gasteiger partial charge is 0.259 e. The Labute approximate surface area is 177 Å². The highest BCUT2D eigenvalue weighted by molar-refractivity contribution is 5.97. The van der Waals surface area contributed by atoms with Gasteiger partial charge in [-0.05, 0) is 17.7 Å². The molecule has 3 aromatic rings. The summed E-state index contributed by atoms with van der Waals surface area (Å²) >= 11 is 0. The minimum Gasteiger partial charge on any atom is -0.336 e. The number of aryl methyl sites for hydroxylation is 1. The molecule has 1 amide bonds. The Hall–Kier alpha value is -2.83. The van der Waals surface area contributed by atoms with Gasteiger partial charge in [0.15, 0.2) is 0 Å². The van der Waals surface area contributed by atoms with Crippen molar-refractivity contribution >= 4 is 24.4 Å². The average Bonchev–Trinajstić information content (AvgIpc) is 3.38. The van der Waals surface area contributed by atoms with Crippen molar-refractivity contribution in [2.75, 3.05) is 32.7 Å². The number of piperazine rings is 1. The summed E-state index contributed by atoms with van der Waals surface area (Å²) in [7, 11) is 1.86. The monoisotopic (exact) mass is 411 g/mol. The second-order valence-electron chi connectivity index (χ2n) is 7.00. The van der Waals surface area contributed by atoms with Crippen molar-refractivity contribution in [1.82, 2.24) is 24.1 Å². The minimum atomic E-state index is 0. The summed E-state index contributed by atoms with van der Waals surface area (Å²) < 4.78 is 3.68. The lowest BCUT2D eigenvalue weighted by molar-refractivity contribution is 0.0650. The first-order chi connectivity index (χ1) is 13.7. The topological polar surface area (TPSA) is 46.3 Å². The maximum atomic E-state index is 13.1. The summed E-state index contributed by atoms with van der Waals surface area (Å²) in [5.74, 6) is 0.861. The van der Waals surface area contributed by atoms with Crippen LogP contribution >= 0.6 is 12.4 Å². The molecule has 6 nitrogen and oxygen atoms in total. The molecule has 0 N–H and O–H groups in total. The fourth-order valence-corrected chi connectivity index (χ4v) is 3.57. The molecule has 0 radical (unpaired) electrons. The molecule has 0 bridgehead atoms.